The second-order valence-corrected chi connectivity index (χ2v) is 10.6. The zero-order valence-corrected chi connectivity index (χ0v) is 21.7. The number of nitrogens with zero attached hydrogens (tertiary/aromatic N) is 2. The van der Waals surface area contributed by atoms with Crippen LogP contribution in [0.5, 0.6) is 5.75 Å². The van der Waals surface area contributed by atoms with Crippen LogP contribution >= 0.6 is 0 Å². The standard InChI is InChI=1S/C28H40N4O4/c1-5-7-22(31-26(34)17-35-4)25(33)16-30-23-15-28(8-6-9-28)36-27-21(23)13-20(12-19(2)3)14-24(27)32-11-10-29-18-32/h5,10-11,13-14,18-19,22-23,25,30,33H,1,6-9,12,15-17H2,2-4H3,(H,31,34)/t22-,23-,25+/m0/s1. The minimum atomic E-state index is -0.778. The van der Waals surface area contributed by atoms with Gasteiger partial charge in [0.05, 0.1) is 24.2 Å². The monoisotopic (exact) mass is 496 g/mol. The molecule has 1 saturated carbocycles. The Labute approximate surface area is 214 Å². The molecule has 1 fully saturated rings. The highest BCUT2D eigenvalue weighted by Crippen LogP contribution is 2.51. The number of methoxy groups -OCH3 is 1. The molecule has 2 aliphatic rings. The zero-order valence-electron chi connectivity index (χ0n) is 21.7. The fourth-order valence-corrected chi connectivity index (χ4v) is 5.32. The van der Waals surface area contributed by atoms with Crippen LogP contribution in [0.15, 0.2) is 43.5 Å². The molecule has 0 radical (unpaired) electrons. The van der Waals surface area contributed by atoms with E-state index in [1.807, 2.05) is 17.1 Å². The van der Waals surface area contributed by atoms with Gasteiger partial charge in [0, 0.05) is 44.1 Å². The third-order valence-corrected chi connectivity index (χ3v) is 7.20. The Hall–Kier alpha value is -2.68. The Morgan fingerprint density at radius 2 is 2.22 bits per heavy atom. The van der Waals surface area contributed by atoms with E-state index in [1.54, 1.807) is 12.3 Å². The summed E-state index contributed by atoms with van der Waals surface area (Å²) in [6, 6.07) is 4.06. The normalized spacial score (nSPS) is 19.8. The van der Waals surface area contributed by atoms with Gasteiger partial charge in [-0.1, -0.05) is 26.0 Å². The Morgan fingerprint density at radius 1 is 1.42 bits per heavy atom. The minimum absolute atomic E-state index is 0.0251. The summed E-state index contributed by atoms with van der Waals surface area (Å²) in [7, 11) is 1.48. The van der Waals surface area contributed by atoms with Crippen LogP contribution in [0.4, 0.5) is 0 Å². The van der Waals surface area contributed by atoms with Crippen LogP contribution in [0.2, 0.25) is 0 Å². The molecule has 1 aliphatic heterocycles. The maximum atomic E-state index is 12.1. The summed E-state index contributed by atoms with van der Waals surface area (Å²) in [5.41, 5.74) is 3.20. The number of amides is 1. The average Bonchev–Trinajstić information content (AvgIpc) is 3.35. The van der Waals surface area contributed by atoms with Crippen molar-refractivity contribution in [3.8, 4) is 11.4 Å². The van der Waals surface area contributed by atoms with Crippen LogP contribution in [0.1, 0.15) is 63.1 Å². The fraction of sp³-hybridized carbons (Fsp3) is 0.571. The second-order valence-electron chi connectivity index (χ2n) is 10.6. The van der Waals surface area contributed by atoms with Crippen LogP contribution in [-0.2, 0) is 16.0 Å². The number of hydrogen-bond acceptors (Lipinski definition) is 6. The highest BCUT2D eigenvalue weighted by molar-refractivity contribution is 5.77. The summed E-state index contributed by atoms with van der Waals surface area (Å²) in [6.07, 6.45) is 12.0. The van der Waals surface area contributed by atoms with Crippen LogP contribution in [0.25, 0.3) is 5.69 Å². The fourth-order valence-electron chi connectivity index (χ4n) is 5.32. The minimum Gasteiger partial charge on any atom is -0.485 e. The summed E-state index contributed by atoms with van der Waals surface area (Å²) in [5, 5.41) is 17.5. The molecular weight excluding hydrogens is 456 g/mol. The summed E-state index contributed by atoms with van der Waals surface area (Å²) < 4.78 is 13.7. The number of aliphatic hydroxyl groups excluding tert-OH is 1. The summed E-state index contributed by atoms with van der Waals surface area (Å²) in [4.78, 5) is 16.4. The van der Waals surface area contributed by atoms with Crippen molar-refractivity contribution in [3.05, 3.63) is 54.6 Å². The third-order valence-electron chi connectivity index (χ3n) is 7.20. The molecular formula is C28H40N4O4. The summed E-state index contributed by atoms with van der Waals surface area (Å²) in [5.74, 6) is 1.16. The van der Waals surface area contributed by atoms with Crippen molar-refractivity contribution < 1.29 is 19.4 Å². The lowest BCUT2D eigenvalue weighted by atomic mass is 9.72. The molecule has 4 rings (SSSR count). The molecule has 3 atom stereocenters. The Morgan fingerprint density at radius 3 is 2.83 bits per heavy atom. The number of nitrogens with one attached hydrogen (secondary N) is 2. The van der Waals surface area contributed by atoms with E-state index in [-0.39, 0.29) is 24.2 Å². The number of carbonyl (C=O) groups excluding carboxylic acids is 1. The molecule has 8 heteroatoms. The number of rotatable bonds is 12. The Kier molecular flexibility index (Phi) is 8.49. The Bertz CT molecular complexity index is 1030. The number of aromatic nitrogens is 2. The van der Waals surface area contributed by atoms with Gasteiger partial charge in [0.25, 0.3) is 0 Å². The molecule has 1 aliphatic carbocycles. The average molecular weight is 497 g/mol. The molecule has 0 bridgehead atoms. The van der Waals surface area contributed by atoms with Crippen LogP contribution in [0, 0.1) is 5.92 Å². The molecule has 1 amide bonds. The van der Waals surface area contributed by atoms with Gasteiger partial charge < -0.3 is 29.8 Å². The van der Waals surface area contributed by atoms with E-state index in [1.165, 1.54) is 12.7 Å². The Balaban J connectivity index is 1.61. The first-order chi connectivity index (χ1) is 17.3. The van der Waals surface area contributed by atoms with Crippen molar-refractivity contribution >= 4 is 5.91 Å². The van der Waals surface area contributed by atoms with E-state index in [2.05, 4.69) is 48.2 Å². The lowest BCUT2D eigenvalue weighted by Crippen LogP contribution is -2.52. The number of fused-ring (bicyclic) bond motifs is 1. The van der Waals surface area contributed by atoms with Crippen LogP contribution < -0.4 is 15.4 Å². The third kappa shape index (κ3) is 5.99. The van der Waals surface area contributed by atoms with Crippen molar-refractivity contribution in [2.75, 3.05) is 20.3 Å². The maximum absolute atomic E-state index is 12.1. The number of carbonyl (C=O) groups is 1. The molecule has 3 N–H and O–H groups in total. The number of hydrogen-bond donors (Lipinski definition) is 3. The van der Waals surface area contributed by atoms with Crippen molar-refractivity contribution in [1.82, 2.24) is 20.2 Å². The van der Waals surface area contributed by atoms with Gasteiger partial charge in [0.15, 0.2) is 0 Å². The van der Waals surface area contributed by atoms with Crippen molar-refractivity contribution in [2.45, 2.75) is 76.2 Å². The molecule has 1 aromatic heterocycles. The van der Waals surface area contributed by atoms with Gasteiger partial charge in [-0.2, -0.15) is 0 Å². The lowest BCUT2D eigenvalue weighted by molar-refractivity contribution is -0.126. The van der Waals surface area contributed by atoms with E-state index in [4.69, 9.17) is 9.47 Å². The lowest BCUT2D eigenvalue weighted by Gasteiger charge is -2.49. The summed E-state index contributed by atoms with van der Waals surface area (Å²) in [6.45, 7) is 8.52. The van der Waals surface area contributed by atoms with Crippen LogP contribution in [-0.4, -0.2) is 58.6 Å². The van der Waals surface area contributed by atoms with Crippen molar-refractivity contribution in [3.63, 3.8) is 0 Å². The quantitative estimate of drug-likeness (QED) is 0.389. The largest absolute Gasteiger partial charge is 0.485 e. The van der Waals surface area contributed by atoms with Gasteiger partial charge in [0.1, 0.15) is 18.0 Å². The van der Waals surface area contributed by atoms with E-state index in [0.29, 0.717) is 18.9 Å². The second kappa shape index (κ2) is 11.6. The topological polar surface area (TPSA) is 97.6 Å². The maximum Gasteiger partial charge on any atom is 0.246 e. The first-order valence-electron chi connectivity index (χ1n) is 13.0. The van der Waals surface area contributed by atoms with Gasteiger partial charge in [0.2, 0.25) is 5.91 Å². The van der Waals surface area contributed by atoms with Gasteiger partial charge >= 0.3 is 0 Å². The predicted molar refractivity (Wildman–Crippen MR) is 139 cm³/mol. The van der Waals surface area contributed by atoms with Crippen LogP contribution in [0.3, 0.4) is 0 Å². The van der Waals surface area contributed by atoms with Crippen molar-refractivity contribution in [2.24, 2.45) is 5.92 Å². The number of ether oxygens (including phenoxy) is 2. The van der Waals surface area contributed by atoms with E-state index in [9.17, 15) is 9.90 Å². The van der Waals surface area contributed by atoms with E-state index >= 15 is 0 Å². The molecule has 1 aromatic carbocycles. The highest BCUT2D eigenvalue weighted by atomic mass is 16.5. The summed E-state index contributed by atoms with van der Waals surface area (Å²) >= 11 is 0. The molecule has 2 heterocycles. The molecule has 2 aromatic rings. The smallest absolute Gasteiger partial charge is 0.246 e. The molecule has 0 saturated heterocycles. The number of aliphatic hydroxyl groups is 1. The van der Waals surface area contributed by atoms with E-state index in [0.717, 1.165) is 49.1 Å². The van der Waals surface area contributed by atoms with Gasteiger partial charge in [-0.3, -0.25) is 4.79 Å². The van der Waals surface area contributed by atoms with Gasteiger partial charge in [-0.15, -0.1) is 6.58 Å². The molecule has 8 nitrogen and oxygen atoms in total. The van der Waals surface area contributed by atoms with Gasteiger partial charge in [-0.25, -0.2) is 4.98 Å². The molecule has 36 heavy (non-hydrogen) atoms. The van der Waals surface area contributed by atoms with E-state index < -0.39 is 12.1 Å². The highest BCUT2D eigenvalue weighted by Gasteiger charge is 2.46. The number of imidazole rings is 1. The molecule has 196 valence electrons. The molecule has 0 unspecified atom stereocenters. The zero-order chi connectivity index (χ0) is 25.7. The first-order valence-corrected chi connectivity index (χ1v) is 13.0. The van der Waals surface area contributed by atoms with Crippen molar-refractivity contribution in [1.29, 1.82) is 0 Å². The molecule has 1 spiro atoms. The SMILES string of the molecule is C=CC[C@H](NC(=O)COC)[C@H](O)CN[C@H]1CC2(CCC2)Oc2c1cc(CC(C)C)cc2-n1ccnc1. The van der Waals surface area contributed by atoms with Gasteiger partial charge in [-0.05, 0) is 49.7 Å². The first kappa shape index (κ1) is 26.4. The number of benzene rings is 1. The predicted octanol–water partition coefficient (Wildman–Crippen LogP) is 3.47.